The summed E-state index contributed by atoms with van der Waals surface area (Å²) in [7, 11) is 0. The van der Waals surface area contributed by atoms with Crippen molar-refractivity contribution in [3.05, 3.63) is 87.0 Å². The molecule has 7 nitrogen and oxygen atoms in total. The highest BCUT2D eigenvalue weighted by atomic mass is 35.5. The molecule has 0 saturated carbocycles. The first kappa shape index (κ1) is 24.7. The Labute approximate surface area is 206 Å². The van der Waals surface area contributed by atoms with Gasteiger partial charge in [0.15, 0.2) is 17.4 Å². The maximum Gasteiger partial charge on any atom is 0.417 e. The van der Waals surface area contributed by atoms with E-state index in [-0.39, 0.29) is 35.1 Å². The molecule has 0 spiro atoms. The fourth-order valence-electron chi connectivity index (χ4n) is 3.26. The van der Waals surface area contributed by atoms with Gasteiger partial charge < -0.3 is 0 Å². The van der Waals surface area contributed by atoms with Gasteiger partial charge in [-0.05, 0) is 18.2 Å². The number of hydrogen-bond donors (Lipinski definition) is 0. The van der Waals surface area contributed by atoms with Crippen molar-refractivity contribution in [2.75, 3.05) is 0 Å². The normalized spacial score (nSPS) is 12.5. The first-order valence-electron chi connectivity index (χ1n) is 10.3. The van der Waals surface area contributed by atoms with E-state index < -0.39 is 22.5 Å². The number of halogens is 4. The van der Waals surface area contributed by atoms with E-state index in [0.29, 0.717) is 16.4 Å². The molecule has 4 heterocycles. The van der Waals surface area contributed by atoms with E-state index in [0.717, 1.165) is 23.6 Å². The fourth-order valence-corrected chi connectivity index (χ4v) is 4.37. The van der Waals surface area contributed by atoms with Gasteiger partial charge in [-0.2, -0.15) is 18.3 Å². The van der Waals surface area contributed by atoms with Gasteiger partial charge >= 0.3 is 6.18 Å². The second-order valence-electron chi connectivity index (χ2n) is 7.71. The Bertz CT molecular complexity index is 1370. The summed E-state index contributed by atoms with van der Waals surface area (Å²) in [6.07, 6.45) is 2.10. The number of carbonyl (C=O) groups excluding carboxylic acids is 2. The van der Waals surface area contributed by atoms with Crippen molar-refractivity contribution >= 4 is 34.5 Å². The molecule has 0 fully saturated rings. The molecule has 35 heavy (non-hydrogen) atoms. The topological polar surface area (TPSA) is 90.6 Å². The Hall–Kier alpha value is -3.44. The van der Waals surface area contributed by atoms with Crippen LogP contribution in [0.5, 0.6) is 0 Å². The first-order chi connectivity index (χ1) is 16.6. The number of aromatic nitrogens is 5. The quantitative estimate of drug-likeness (QED) is 0.282. The Morgan fingerprint density at radius 2 is 1.91 bits per heavy atom. The molecule has 0 aliphatic rings. The van der Waals surface area contributed by atoms with Gasteiger partial charge in [-0.3, -0.25) is 14.6 Å². The van der Waals surface area contributed by atoms with E-state index in [9.17, 15) is 22.8 Å². The van der Waals surface area contributed by atoms with E-state index in [4.69, 9.17) is 11.6 Å². The number of rotatable bonds is 8. The van der Waals surface area contributed by atoms with E-state index >= 15 is 0 Å². The summed E-state index contributed by atoms with van der Waals surface area (Å²) in [5.41, 5.74) is -0.667. The Kier molecular flexibility index (Phi) is 7.08. The zero-order valence-electron chi connectivity index (χ0n) is 18.2. The number of carbonyl (C=O) groups is 2. The third-order valence-corrected chi connectivity index (χ3v) is 6.63. The molecule has 0 amide bonds. The number of Topliss-reactive ketones (excluding diaryl/α,β-unsaturated/α-hetero) is 2. The summed E-state index contributed by atoms with van der Waals surface area (Å²) >= 11 is 6.68. The maximum atomic E-state index is 13.1. The van der Waals surface area contributed by atoms with Gasteiger partial charge in [0.2, 0.25) is 0 Å². The van der Waals surface area contributed by atoms with Crippen LogP contribution in [0.4, 0.5) is 13.2 Å². The Balaban J connectivity index is 1.41. The summed E-state index contributed by atoms with van der Waals surface area (Å²) in [5, 5.41) is 4.21. The highest BCUT2D eigenvalue weighted by Gasteiger charge is 2.34. The average molecular weight is 520 g/mol. The minimum absolute atomic E-state index is 0.0465. The van der Waals surface area contributed by atoms with Crippen molar-refractivity contribution in [1.29, 1.82) is 0 Å². The minimum atomic E-state index is -4.65. The summed E-state index contributed by atoms with van der Waals surface area (Å²) < 4.78 is 40.7. The Morgan fingerprint density at radius 3 is 2.63 bits per heavy atom. The molecular formula is C23H17ClF3N5O2S. The maximum absolute atomic E-state index is 13.1. The molecule has 0 aromatic carbocycles. The third kappa shape index (κ3) is 5.80. The summed E-state index contributed by atoms with van der Waals surface area (Å²) in [6, 6.07) is 6.13. The van der Waals surface area contributed by atoms with Gasteiger partial charge in [-0.1, -0.05) is 24.6 Å². The van der Waals surface area contributed by atoms with Gasteiger partial charge in [0, 0.05) is 42.8 Å². The molecule has 0 aliphatic carbocycles. The second kappa shape index (κ2) is 10.0. The molecule has 4 rings (SSSR count). The largest absolute Gasteiger partial charge is 0.417 e. The lowest BCUT2D eigenvalue weighted by atomic mass is 10.0. The molecule has 180 valence electrons. The zero-order chi connectivity index (χ0) is 25.2. The van der Waals surface area contributed by atoms with E-state index in [1.807, 2.05) is 13.0 Å². The van der Waals surface area contributed by atoms with Crippen LogP contribution in [0.3, 0.4) is 0 Å². The molecule has 0 saturated heterocycles. The van der Waals surface area contributed by atoms with Crippen molar-refractivity contribution in [1.82, 2.24) is 24.7 Å². The van der Waals surface area contributed by atoms with Crippen LogP contribution in [0.15, 0.2) is 55.2 Å². The molecule has 1 atom stereocenters. The molecule has 0 aliphatic heterocycles. The lowest BCUT2D eigenvalue weighted by molar-refractivity contribution is -0.137. The van der Waals surface area contributed by atoms with Crippen LogP contribution < -0.4 is 0 Å². The second-order valence-corrected chi connectivity index (χ2v) is 9.18. The number of ketones is 2. The fraction of sp³-hybridized carbons (Fsp3) is 0.217. The minimum Gasteiger partial charge on any atom is -0.294 e. The summed E-state index contributed by atoms with van der Waals surface area (Å²) in [4.78, 5) is 37.9. The summed E-state index contributed by atoms with van der Waals surface area (Å²) in [5.74, 6) is -0.266. The van der Waals surface area contributed by atoms with Gasteiger partial charge in [0.25, 0.3) is 0 Å². The number of alkyl halides is 3. The third-order valence-electron chi connectivity index (χ3n) is 5.06. The van der Waals surface area contributed by atoms with Gasteiger partial charge in [-0.15, -0.1) is 11.3 Å². The highest BCUT2D eigenvalue weighted by molar-refractivity contribution is 7.13. The smallest absolute Gasteiger partial charge is 0.294 e. The number of hydrogen-bond acceptors (Lipinski definition) is 7. The van der Waals surface area contributed by atoms with Crippen LogP contribution in [0.1, 0.15) is 55.6 Å². The molecule has 0 radical (unpaired) electrons. The number of nitrogens with zero attached hydrogens (tertiary/aromatic N) is 5. The van der Waals surface area contributed by atoms with Crippen LogP contribution in [-0.2, 0) is 12.6 Å². The summed E-state index contributed by atoms with van der Waals surface area (Å²) in [6.45, 7) is 1.81. The van der Waals surface area contributed by atoms with Crippen LogP contribution >= 0.6 is 22.9 Å². The van der Waals surface area contributed by atoms with E-state index in [1.54, 1.807) is 24.5 Å². The lowest BCUT2D eigenvalue weighted by Gasteiger charge is -2.09. The highest BCUT2D eigenvalue weighted by Crippen LogP contribution is 2.35. The van der Waals surface area contributed by atoms with Crippen molar-refractivity contribution < 1.29 is 22.8 Å². The van der Waals surface area contributed by atoms with Crippen molar-refractivity contribution in [2.45, 2.75) is 31.9 Å². The van der Waals surface area contributed by atoms with E-state index in [1.165, 1.54) is 17.1 Å². The molecule has 0 bridgehead atoms. The lowest BCUT2D eigenvalue weighted by Crippen LogP contribution is -2.10. The zero-order valence-corrected chi connectivity index (χ0v) is 19.7. The molecule has 12 heteroatoms. The molecule has 0 N–H and O–H groups in total. The predicted molar refractivity (Wildman–Crippen MR) is 123 cm³/mol. The average Bonchev–Trinajstić information content (AvgIpc) is 3.51. The first-order valence-corrected chi connectivity index (χ1v) is 11.5. The van der Waals surface area contributed by atoms with Crippen LogP contribution in [-0.4, -0.2) is 36.3 Å². The Morgan fingerprint density at radius 1 is 1.11 bits per heavy atom. The van der Waals surface area contributed by atoms with Crippen LogP contribution in [0, 0.1) is 0 Å². The van der Waals surface area contributed by atoms with Gasteiger partial charge in [0.1, 0.15) is 0 Å². The van der Waals surface area contributed by atoms with E-state index in [2.05, 4.69) is 20.1 Å². The predicted octanol–water partition coefficient (Wildman–Crippen LogP) is 5.59. The number of thiazole rings is 1. The molecule has 4 aromatic rings. The monoisotopic (exact) mass is 519 g/mol. The van der Waals surface area contributed by atoms with Crippen molar-refractivity contribution in [2.24, 2.45) is 0 Å². The molecular weight excluding hydrogens is 503 g/mol. The SMILES string of the molecule is C[C@@H](CC(=O)c1cnn(-c2ccccn2)c1)c1ncc(C(=O)Cc2cc(C(F)(F)F)c(Cl)cn2)s1. The van der Waals surface area contributed by atoms with Crippen molar-refractivity contribution in [3.8, 4) is 5.82 Å². The number of pyridine rings is 2. The van der Waals surface area contributed by atoms with Gasteiger partial charge in [0.05, 0.1) is 38.7 Å². The van der Waals surface area contributed by atoms with Crippen molar-refractivity contribution in [3.63, 3.8) is 0 Å². The standard InChI is InChI=1S/C23H17ClF3N5O2S/c1-13(6-18(33)14-9-31-32(12-14)21-4-2-3-5-28-21)22-30-11-20(35-22)19(34)8-15-7-16(23(25,26)27)17(24)10-29-15/h2-5,7,9-13H,6,8H2,1H3/t13-/m0/s1. The van der Waals surface area contributed by atoms with Gasteiger partial charge in [-0.25, -0.2) is 14.6 Å². The molecule has 0 unspecified atom stereocenters. The molecule has 4 aromatic heterocycles. The van der Waals surface area contributed by atoms with Crippen LogP contribution in [0.2, 0.25) is 5.02 Å². The van der Waals surface area contributed by atoms with Crippen LogP contribution in [0.25, 0.3) is 5.82 Å².